The fourth-order valence-electron chi connectivity index (χ4n) is 2.19. The van der Waals surface area contributed by atoms with Crippen LogP contribution < -0.4 is 11.5 Å². The Morgan fingerprint density at radius 1 is 1.39 bits per heavy atom. The van der Waals surface area contributed by atoms with Crippen LogP contribution in [0.1, 0.15) is 43.0 Å². The van der Waals surface area contributed by atoms with Gasteiger partial charge in [-0.05, 0) is 23.1 Å². The number of amides is 1. The molecule has 0 spiro atoms. The van der Waals surface area contributed by atoms with E-state index in [1.807, 2.05) is 19.9 Å². The van der Waals surface area contributed by atoms with Crippen molar-refractivity contribution in [2.24, 2.45) is 16.9 Å². The summed E-state index contributed by atoms with van der Waals surface area (Å²) in [5.41, 5.74) is 14.4. The molecule has 18 heavy (non-hydrogen) atoms. The summed E-state index contributed by atoms with van der Waals surface area (Å²) in [5.74, 6) is -0.317. The third-order valence-corrected chi connectivity index (χ3v) is 3.57. The molecule has 1 heterocycles. The van der Waals surface area contributed by atoms with Crippen LogP contribution in [0, 0.1) is 5.41 Å². The highest BCUT2D eigenvalue weighted by Crippen LogP contribution is 2.30. The number of ether oxygens (including phenoxy) is 1. The zero-order chi connectivity index (χ0) is 13.3. The number of carbonyl (C=O) groups excluding carboxylic acids is 1. The molecule has 0 aliphatic carbocycles. The van der Waals surface area contributed by atoms with Crippen LogP contribution in [0.5, 0.6) is 0 Å². The molecule has 1 atom stereocenters. The van der Waals surface area contributed by atoms with Gasteiger partial charge in [0, 0.05) is 11.5 Å². The number of fused-ring (bicyclic) bond motifs is 1. The van der Waals surface area contributed by atoms with Gasteiger partial charge in [0.15, 0.2) is 0 Å². The lowest BCUT2D eigenvalue weighted by molar-refractivity contribution is -0.126. The van der Waals surface area contributed by atoms with Gasteiger partial charge in [-0.1, -0.05) is 32.0 Å². The maximum atomic E-state index is 11.3. The average Bonchev–Trinajstić information content (AvgIpc) is 2.74. The number of rotatable bonds is 4. The van der Waals surface area contributed by atoms with Gasteiger partial charge < -0.3 is 16.2 Å². The molecule has 0 aromatic heterocycles. The number of primary amides is 1. The minimum absolute atomic E-state index is 0.182. The minimum Gasteiger partial charge on any atom is -0.372 e. The summed E-state index contributed by atoms with van der Waals surface area (Å²) in [7, 11) is 0. The molecule has 1 aliphatic rings. The Labute approximate surface area is 107 Å². The predicted octanol–water partition coefficient (Wildman–Crippen LogP) is 1.62. The van der Waals surface area contributed by atoms with Crippen LogP contribution in [0.3, 0.4) is 0 Å². The number of carbonyl (C=O) groups is 1. The van der Waals surface area contributed by atoms with E-state index >= 15 is 0 Å². The summed E-state index contributed by atoms with van der Waals surface area (Å²) in [5, 5.41) is 0. The van der Waals surface area contributed by atoms with Gasteiger partial charge >= 0.3 is 0 Å². The van der Waals surface area contributed by atoms with Gasteiger partial charge in [-0.15, -0.1) is 0 Å². The molecule has 0 saturated heterocycles. The number of hydrogen-bond acceptors (Lipinski definition) is 3. The van der Waals surface area contributed by atoms with Gasteiger partial charge in [0.2, 0.25) is 5.91 Å². The second-order valence-corrected chi connectivity index (χ2v) is 5.58. The lowest BCUT2D eigenvalue weighted by atomic mass is 9.83. The molecule has 1 aromatic carbocycles. The second-order valence-electron chi connectivity index (χ2n) is 5.58. The molecule has 1 amide bonds. The topological polar surface area (TPSA) is 78.3 Å². The molecule has 4 nitrogen and oxygen atoms in total. The number of benzene rings is 1. The van der Waals surface area contributed by atoms with E-state index in [1.54, 1.807) is 0 Å². The zero-order valence-corrected chi connectivity index (χ0v) is 10.9. The fourth-order valence-corrected chi connectivity index (χ4v) is 2.19. The Morgan fingerprint density at radius 2 is 2.06 bits per heavy atom. The van der Waals surface area contributed by atoms with E-state index in [4.69, 9.17) is 16.2 Å². The van der Waals surface area contributed by atoms with Crippen molar-refractivity contribution in [1.82, 2.24) is 0 Å². The third-order valence-electron chi connectivity index (χ3n) is 3.57. The molecule has 1 aliphatic heterocycles. The molecule has 0 bridgehead atoms. The van der Waals surface area contributed by atoms with E-state index in [0.29, 0.717) is 19.6 Å². The highest BCUT2D eigenvalue weighted by atomic mass is 16.5. The number of nitrogens with two attached hydrogens (primary N) is 2. The maximum absolute atomic E-state index is 11.3. The van der Waals surface area contributed by atoms with Gasteiger partial charge in [0.05, 0.1) is 13.2 Å². The minimum atomic E-state index is -0.588. The SMILES string of the molecule is CC(C)(CC(N)c1ccc2c(c1)COC2)C(N)=O. The maximum Gasteiger partial charge on any atom is 0.223 e. The quantitative estimate of drug-likeness (QED) is 0.849. The molecule has 1 aromatic rings. The van der Waals surface area contributed by atoms with Crippen LogP contribution in [-0.4, -0.2) is 5.91 Å². The average molecular weight is 248 g/mol. The van der Waals surface area contributed by atoms with E-state index in [0.717, 1.165) is 5.56 Å². The molecule has 98 valence electrons. The van der Waals surface area contributed by atoms with E-state index in [-0.39, 0.29) is 11.9 Å². The van der Waals surface area contributed by atoms with E-state index in [1.165, 1.54) is 11.1 Å². The molecular formula is C14H20N2O2. The van der Waals surface area contributed by atoms with Crippen molar-refractivity contribution in [2.45, 2.75) is 39.5 Å². The van der Waals surface area contributed by atoms with Crippen molar-refractivity contribution in [1.29, 1.82) is 0 Å². The van der Waals surface area contributed by atoms with Gasteiger partial charge in [-0.2, -0.15) is 0 Å². The predicted molar refractivity (Wildman–Crippen MR) is 69.5 cm³/mol. The first-order chi connectivity index (χ1) is 8.40. The molecule has 0 saturated carbocycles. The van der Waals surface area contributed by atoms with E-state index in [2.05, 4.69) is 12.1 Å². The normalized spacial score (nSPS) is 16.4. The van der Waals surface area contributed by atoms with Gasteiger partial charge in [-0.25, -0.2) is 0 Å². The molecule has 1 unspecified atom stereocenters. The van der Waals surface area contributed by atoms with Crippen molar-refractivity contribution in [3.8, 4) is 0 Å². The molecule has 2 rings (SSSR count). The van der Waals surface area contributed by atoms with Crippen molar-refractivity contribution < 1.29 is 9.53 Å². The fraction of sp³-hybridized carbons (Fsp3) is 0.500. The standard InChI is InChI=1S/C14H20N2O2/c1-14(2,13(16)17)6-12(15)9-3-4-10-7-18-8-11(10)5-9/h3-5,12H,6-8,15H2,1-2H3,(H2,16,17). The Bertz CT molecular complexity index is 469. The van der Waals surface area contributed by atoms with Gasteiger partial charge in [0.25, 0.3) is 0 Å². The summed E-state index contributed by atoms with van der Waals surface area (Å²) in [6, 6.07) is 5.95. The Hall–Kier alpha value is -1.39. The van der Waals surface area contributed by atoms with E-state index < -0.39 is 5.41 Å². The lowest BCUT2D eigenvalue weighted by Crippen LogP contribution is -2.34. The molecule has 4 N–H and O–H groups in total. The van der Waals surface area contributed by atoms with Crippen molar-refractivity contribution in [3.05, 3.63) is 34.9 Å². The summed E-state index contributed by atoms with van der Waals surface area (Å²) in [4.78, 5) is 11.3. The highest BCUT2D eigenvalue weighted by molar-refractivity contribution is 5.79. The first-order valence-corrected chi connectivity index (χ1v) is 6.15. The lowest BCUT2D eigenvalue weighted by Gasteiger charge is -2.25. The van der Waals surface area contributed by atoms with Crippen LogP contribution in [0.25, 0.3) is 0 Å². The molecule has 0 radical (unpaired) electrons. The molecule has 0 fully saturated rings. The summed E-state index contributed by atoms with van der Waals surface area (Å²) >= 11 is 0. The van der Waals surface area contributed by atoms with Crippen LogP contribution in [-0.2, 0) is 22.7 Å². The molecular weight excluding hydrogens is 228 g/mol. The summed E-state index contributed by atoms with van der Waals surface area (Å²) in [6.07, 6.45) is 0.544. The largest absolute Gasteiger partial charge is 0.372 e. The Kier molecular flexibility index (Phi) is 3.41. The first-order valence-electron chi connectivity index (χ1n) is 6.15. The highest BCUT2D eigenvalue weighted by Gasteiger charge is 2.28. The van der Waals surface area contributed by atoms with Crippen LogP contribution in [0.2, 0.25) is 0 Å². The van der Waals surface area contributed by atoms with Gasteiger partial charge in [0.1, 0.15) is 0 Å². The third kappa shape index (κ3) is 2.54. The van der Waals surface area contributed by atoms with Crippen LogP contribution in [0.15, 0.2) is 18.2 Å². The van der Waals surface area contributed by atoms with Crippen LogP contribution >= 0.6 is 0 Å². The Balaban J connectivity index is 2.14. The van der Waals surface area contributed by atoms with Crippen molar-refractivity contribution in [3.63, 3.8) is 0 Å². The summed E-state index contributed by atoms with van der Waals surface area (Å²) in [6.45, 7) is 4.98. The van der Waals surface area contributed by atoms with Gasteiger partial charge in [-0.3, -0.25) is 4.79 Å². The number of hydrogen-bond donors (Lipinski definition) is 2. The smallest absolute Gasteiger partial charge is 0.223 e. The van der Waals surface area contributed by atoms with Crippen molar-refractivity contribution in [2.75, 3.05) is 0 Å². The van der Waals surface area contributed by atoms with Crippen molar-refractivity contribution >= 4 is 5.91 Å². The Morgan fingerprint density at radius 3 is 2.72 bits per heavy atom. The van der Waals surface area contributed by atoms with E-state index in [9.17, 15) is 4.79 Å². The second kappa shape index (κ2) is 4.71. The monoisotopic (exact) mass is 248 g/mol. The molecule has 4 heteroatoms. The van der Waals surface area contributed by atoms with Crippen LogP contribution in [0.4, 0.5) is 0 Å². The summed E-state index contributed by atoms with van der Waals surface area (Å²) < 4.78 is 5.37. The zero-order valence-electron chi connectivity index (χ0n) is 10.9. The first kappa shape index (κ1) is 13.1.